The molecule has 0 bridgehead atoms. The van der Waals surface area contributed by atoms with E-state index < -0.39 is 35.0 Å². The second-order valence-corrected chi connectivity index (χ2v) is 35.2. The van der Waals surface area contributed by atoms with Gasteiger partial charge in [0.2, 0.25) is 0 Å². The van der Waals surface area contributed by atoms with Crippen LogP contribution in [0.5, 0.6) is 0 Å². The standard InChI is InChI=1S/C10H21NO2.C10H18O4.2C9H19NO2.C9H16O4.C9H18O3.C9H18O2.C8H15NO3.C8H17NO2.C8H18O.C7H13NO3.C6H13NO2/c1-5-10(2,3)9(12)13-8-6-7-11-4;1-5-10(3,4)9(12)14-7-6-13-8(2)11;1-5-9(2,3)8(11)12-7-6-10-4;1-4-8(2)9(11)12-7-5-6-10-3;1-4-7(2)9(11)13-6-5-12-8(3)10;1-5-9(3,4)12-7-6-11-8(2)10;1-4-6-7-9(10)11-8(3)5-2;1-5-8(2,3)6(10)12-7(11)9-4;1-4-7(2)8(10)11-6-5-9-3;1-4-6-7-9-8(3)5-2;1-4-5(2)6(9)11-7(10)8-3;1-4-5(2)9-6(8)7-3/h11H,5-8H2,1-4H3;5-7H2,1-4H3;10H,5-7H2,1-4H3;8,10H,4-7H2,1-3H3;7H,4-6H2,1-3H3;5-7H2,1-4H3;8H,4-7H2,1-3H3;5H2,1-4H3,(H,9,11);7,9H,4-6H2,1-3H3;8H,4-7H2,1-3H3;5H,4H2,1-3H3,(H,8,10);5H,4H2,1-3H3,(H,7,8). The molecule has 0 aromatic rings. The summed E-state index contributed by atoms with van der Waals surface area (Å²) >= 11 is 0. The molecule has 0 radical (unpaired) electrons. The molecule has 0 saturated carbocycles. The summed E-state index contributed by atoms with van der Waals surface area (Å²) < 4.78 is 73.4. The Morgan fingerprint density at radius 2 is 0.554 bits per heavy atom. The Bertz CT molecular complexity index is 3070. The molecule has 0 aliphatic heterocycles. The van der Waals surface area contributed by atoms with Crippen molar-refractivity contribution in [1.82, 2.24) is 37.2 Å². The maximum absolute atomic E-state index is 11.4. The summed E-state index contributed by atoms with van der Waals surface area (Å²) in [5.74, 6) is -3.11. The van der Waals surface area contributed by atoms with Crippen LogP contribution >= 0.6 is 0 Å². The first-order chi connectivity index (χ1) is 64.7. The maximum atomic E-state index is 11.4. The van der Waals surface area contributed by atoms with Crippen LogP contribution in [0, 0.1) is 45.3 Å². The van der Waals surface area contributed by atoms with Gasteiger partial charge in [-0.2, -0.15) is 0 Å². The molecule has 0 rings (SSSR count). The summed E-state index contributed by atoms with van der Waals surface area (Å²) in [6.45, 7) is 71.4. The maximum Gasteiger partial charge on any atom is 0.414 e. The van der Waals surface area contributed by atoms with E-state index in [9.17, 15) is 71.9 Å². The zero-order chi connectivity index (χ0) is 111. The highest BCUT2D eigenvalue weighted by Crippen LogP contribution is 2.24. The Labute approximate surface area is 841 Å². The van der Waals surface area contributed by atoms with Gasteiger partial charge in [-0.3, -0.25) is 57.5 Å². The minimum atomic E-state index is -0.707. The number of ether oxygens (including phenoxy) is 15. The molecule has 0 spiro atoms. The van der Waals surface area contributed by atoms with E-state index in [0.717, 1.165) is 116 Å². The number of alkyl carbamates (subject to hydrolysis) is 3. The van der Waals surface area contributed by atoms with Gasteiger partial charge in [0.25, 0.3) is 0 Å². The Balaban J connectivity index is -0.000000127. The van der Waals surface area contributed by atoms with E-state index in [1.165, 1.54) is 47.7 Å². The molecule has 3 amide bonds. The van der Waals surface area contributed by atoms with Gasteiger partial charge < -0.3 is 108 Å². The zero-order valence-electron chi connectivity index (χ0n) is 94.8. The molecule has 828 valence electrons. The number of hydrogen-bond donors (Lipinski definition) is 7. The molecule has 0 aliphatic rings. The van der Waals surface area contributed by atoms with Crippen molar-refractivity contribution >= 4 is 89.9 Å². The van der Waals surface area contributed by atoms with Gasteiger partial charge in [-0.15, -0.1) is 0 Å². The summed E-state index contributed by atoms with van der Waals surface area (Å²) in [5, 5.41) is 18.6. The van der Waals surface area contributed by atoms with Crippen molar-refractivity contribution in [2.75, 3.05) is 148 Å². The van der Waals surface area contributed by atoms with E-state index in [-0.39, 0.29) is 145 Å². The second kappa shape index (κ2) is 104. The van der Waals surface area contributed by atoms with E-state index >= 15 is 0 Å². The van der Waals surface area contributed by atoms with E-state index in [2.05, 4.69) is 90.8 Å². The highest BCUT2D eigenvalue weighted by atomic mass is 16.6. The Morgan fingerprint density at radius 3 is 0.878 bits per heavy atom. The molecule has 37 nitrogen and oxygen atoms in total. The molecule has 0 aromatic heterocycles. The fourth-order valence-corrected chi connectivity index (χ4v) is 6.92. The van der Waals surface area contributed by atoms with Crippen LogP contribution in [0.15, 0.2) is 0 Å². The van der Waals surface area contributed by atoms with Gasteiger partial charge >= 0.3 is 89.9 Å². The first kappa shape index (κ1) is 156. The topological polar surface area (TPSA) is 479 Å². The molecular formula is C102H205N7O30. The number of carbonyl (C=O) groups excluding carboxylic acids is 15. The lowest BCUT2D eigenvalue weighted by Gasteiger charge is -2.23. The van der Waals surface area contributed by atoms with Gasteiger partial charge in [0.15, 0.2) is 0 Å². The number of carbonyl (C=O) groups is 15. The summed E-state index contributed by atoms with van der Waals surface area (Å²) in [5.41, 5.74) is -1.84. The number of nitrogens with one attached hydrogen (secondary N) is 7. The van der Waals surface area contributed by atoms with E-state index in [1.807, 2.05) is 181 Å². The summed E-state index contributed by atoms with van der Waals surface area (Å²) in [6.07, 6.45) is 15.5. The summed E-state index contributed by atoms with van der Waals surface area (Å²) in [4.78, 5) is 163. The molecule has 7 atom stereocenters. The minimum absolute atomic E-state index is 0.0185. The highest BCUT2D eigenvalue weighted by Gasteiger charge is 2.31. The van der Waals surface area contributed by atoms with Gasteiger partial charge in [0.05, 0.1) is 83.0 Å². The lowest BCUT2D eigenvalue weighted by atomic mass is 9.91. The zero-order valence-corrected chi connectivity index (χ0v) is 94.8. The van der Waals surface area contributed by atoms with Gasteiger partial charge in [0, 0.05) is 68.0 Å². The van der Waals surface area contributed by atoms with Gasteiger partial charge in [-0.05, 0) is 234 Å². The molecule has 37 heteroatoms. The lowest BCUT2D eigenvalue weighted by molar-refractivity contribution is -0.158. The number of rotatable bonds is 53. The van der Waals surface area contributed by atoms with Crippen LogP contribution in [0.3, 0.4) is 0 Å². The number of unbranched alkanes of at least 4 members (excludes halogenated alkanes) is 2. The number of likely N-dealkylation sites (N-methyl/N-ethyl adjacent to an activating group) is 2. The first-order valence-corrected chi connectivity index (χ1v) is 49.9. The van der Waals surface area contributed by atoms with Crippen molar-refractivity contribution in [1.29, 1.82) is 0 Å². The highest BCUT2D eigenvalue weighted by molar-refractivity contribution is 5.87. The third-order valence-electron chi connectivity index (χ3n) is 20.6. The van der Waals surface area contributed by atoms with Gasteiger partial charge in [0.1, 0.15) is 52.4 Å². The average Bonchev–Trinajstić information content (AvgIpc) is 0.907. The molecule has 0 heterocycles. The fourth-order valence-electron chi connectivity index (χ4n) is 6.92. The van der Waals surface area contributed by atoms with Crippen molar-refractivity contribution in [3.05, 3.63) is 0 Å². The van der Waals surface area contributed by atoms with Crippen LogP contribution in [0.25, 0.3) is 0 Å². The van der Waals surface area contributed by atoms with E-state index in [0.29, 0.717) is 71.6 Å². The van der Waals surface area contributed by atoms with Crippen LogP contribution in [0.4, 0.5) is 14.4 Å². The second-order valence-electron chi connectivity index (χ2n) is 35.2. The summed E-state index contributed by atoms with van der Waals surface area (Å²) in [7, 11) is 11.8. The molecule has 139 heavy (non-hydrogen) atoms. The Hall–Kier alpha value is -8.39. The average molecular weight is 2010 g/mol. The molecular weight excluding hydrogens is 1800 g/mol. The normalized spacial score (nSPS) is 11.9. The van der Waals surface area contributed by atoms with Crippen molar-refractivity contribution < 1.29 is 143 Å². The quantitative estimate of drug-likeness (QED) is 0.0129. The largest absolute Gasteiger partial charge is 0.465 e. The molecule has 7 N–H and O–H groups in total. The fraction of sp³-hybridized carbons (Fsp3) is 0.853. The van der Waals surface area contributed by atoms with Crippen molar-refractivity contribution in [2.45, 2.75) is 381 Å². The monoisotopic (exact) mass is 2010 g/mol. The number of amides is 3. The third kappa shape index (κ3) is 115. The Morgan fingerprint density at radius 1 is 0.266 bits per heavy atom. The number of esters is 12. The molecule has 0 saturated heterocycles. The van der Waals surface area contributed by atoms with Crippen molar-refractivity contribution in [3.63, 3.8) is 0 Å². The summed E-state index contributed by atoms with van der Waals surface area (Å²) in [6, 6.07) is 0. The molecule has 0 aliphatic carbocycles. The SMILES string of the molecule is CCC(C)(C)C(=O)OC(=O)NC.CCC(C)(C)C(=O)OCCCNC.CCC(C)(C)C(=O)OCCNC.CCC(C)(C)C(=O)OCCOC(C)=O.CCC(C)(C)OCCOC(C)=O.CCC(C)C(=O)OC(=O)NC.CCC(C)C(=O)OCCCNC.CCC(C)C(=O)OCCNC.CCC(C)C(=O)OCCOC(C)=O.CCC(C)OC(=O)NC.CCCCC(=O)OC(C)CC.CCCCOC(C)CC. The van der Waals surface area contributed by atoms with Crippen LogP contribution < -0.4 is 37.2 Å². The van der Waals surface area contributed by atoms with Crippen LogP contribution in [0.2, 0.25) is 0 Å². The van der Waals surface area contributed by atoms with Crippen LogP contribution in [0.1, 0.15) is 357 Å². The van der Waals surface area contributed by atoms with Crippen molar-refractivity contribution in [2.24, 2.45) is 45.3 Å². The van der Waals surface area contributed by atoms with Crippen LogP contribution in [-0.4, -0.2) is 262 Å². The minimum Gasteiger partial charge on any atom is -0.465 e. The predicted molar refractivity (Wildman–Crippen MR) is 547 cm³/mol. The van der Waals surface area contributed by atoms with Crippen molar-refractivity contribution in [3.8, 4) is 0 Å². The van der Waals surface area contributed by atoms with E-state index in [4.69, 9.17) is 52.1 Å². The van der Waals surface area contributed by atoms with Gasteiger partial charge in [-0.1, -0.05) is 137 Å². The Kier molecular flexibility index (Phi) is 117. The lowest BCUT2D eigenvalue weighted by Crippen LogP contribution is -2.31. The predicted octanol–water partition coefficient (Wildman–Crippen LogP) is 17.6. The molecule has 0 aromatic carbocycles. The molecule has 0 fully saturated rings. The molecule has 7 unspecified atom stereocenters. The van der Waals surface area contributed by atoms with Gasteiger partial charge in [-0.25, -0.2) is 14.4 Å². The third-order valence-corrected chi connectivity index (χ3v) is 20.6. The van der Waals surface area contributed by atoms with E-state index in [1.54, 1.807) is 34.7 Å². The smallest absolute Gasteiger partial charge is 0.414 e. The first-order valence-electron chi connectivity index (χ1n) is 49.9. The van der Waals surface area contributed by atoms with Crippen LogP contribution in [-0.2, 0) is 129 Å². The number of hydrogen-bond acceptors (Lipinski definition) is 34.